The van der Waals surface area contributed by atoms with Crippen LogP contribution in [0.1, 0.15) is 36.1 Å². The molecule has 2 heterocycles. The lowest BCUT2D eigenvalue weighted by molar-refractivity contribution is 0.630. The van der Waals surface area contributed by atoms with Crippen LogP contribution in [0.2, 0.25) is 0 Å². The lowest BCUT2D eigenvalue weighted by Crippen LogP contribution is -2.26. The Kier molecular flexibility index (Phi) is 3.42. The van der Waals surface area contributed by atoms with Gasteiger partial charge in [-0.3, -0.25) is 0 Å². The van der Waals surface area contributed by atoms with Crippen molar-refractivity contribution >= 4 is 21.8 Å². The average Bonchev–Trinajstić information content (AvgIpc) is 3.06. The van der Waals surface area contributed by atoms with Crippen molar-refractivity contribution in [1.82, 2.24) is 4.57 Å². The fraction of sp³-hybridized carbons (Fsp3) is 0.172. The highest BCUT2D eigenvalue weighted by Crippen LogP contribution is 2.47. The van der Waals surface area contributed by atoms with E-state index in [2.05, 4.69) is 111 Å². The first-order valence-electron chi connectivity index (χ1n) is 10.7. The van der Waals surface area contributed by atoms with E-state index < -0.39 is 0 Å². The van der Waals surface area contributed by atoms with Gasteiger partial charge in [-0.25, -0.2) is 0 Å². The molecule has 1 aliphatic heterocycles. The van der Waals surface area contributed by atoms with Crippen LogP contribution in [0.25, 0.3) is 38.6 Å². The minimum Gasteiger partial charge on any atom is -0.309 e. The molecule has 1 aromatic heterocycles. The fourth-order valence-electron chi connectivity index (χ4n) is 5.49. The first-order chi connectivity index (χ1) is 14.4. The molecule has 1 nitrogen and oxygen atoms in total. The van der Waals surface area contributed by atoms with E-state index in [4.69, 9.17) is 0 Å². The first-order valence-corrected chi connectivity index (χ1v) is 10.7. The van der Waals surface area contributed by atoms with Crippen molar-refractivity contribution in [2.45, 2.75) is 33.1 Å². The van der Waals surface area contributed by atoms with Crippen molar-refractivity contribution in [2.75, 3.05) is 0 Å². The molecule has 146 valence electrons. The zero-order chi connectivity index (χ0) is 20.6. The Morgan fingerprint density at radius 2 is 1.37 bits per heavy atom. The Balaban J connectivity index is 1.74. The van der Waals surface area contributed by atoms with Gasteiger partial charge in [-0.15, -0.1) is 0 Å². The Morgan fingerprint density at radius 1 is 0.633 bits per heavy atom. The molecule has 30 heavy (non-hydrogen) atoms. The Bertz CT molecular complexity index is 1460. The third kappa shape index (κ3) is 2.24. The minimum absolute atomic E-state index is 0.0169. The second kappa shape index (κ2) is 5.86. The molecule has 1 heteroatoms. The van der Waals surface area contributed by atoms with Crippen molar-refractivity contribution in [3.8, 4) is 16.8 Å². The minimum atomic E-state index is -0.0169. The summed E-state index contributed by atoms with van der Waals surface area (Å²) in [6, 6.07) is 29.5. The molecular formula is C29H25N. The van der Waals surface area contributed by atoms with Gasteiger partial charge in [0.05, 0.1) is 16.7 Å². The van der Waals surface area contributed by atoms with Crippen molar-refractivity contribution in [3.63, 3.8) is 0 Å². The molecule has 0 atom stereocenters. The number of hydrogen-bond donors (Lipinski definition) is 0. The molecule has 0 bridgehead atoms. The Labute approximate surface area is 177 Å². The number of para-hydroxylation sites is 2. The van der Waals surface area contributed by atoms with Gasteiger partial charge in [0, 0.05) is 16.2 Å². The van der Waals surface area contributed by atoms with Gasteiger partial charge < -0.3 is 4.57 Å². The van der Waals surface area contributed by atoms with E-state index >= 15 is 0 Å². The normalized spacial score (nSPS) is 14.3. The first kappa shape index (κ1) is 17.5. The number of aromatic nitrogens is 1. The maximum absolute atomic E-state index is 2.48. The molecule has 0 N–H and O–H groups in total. The van der Waals surface area contributed by atoms with Gasteiger partial charge in [0.25, 0.3) is 0 Å². The smallest absolute Gasteiger partial charge is 0.0582 e. The summed E-state index contributed by atoms with van der Waals surface area (Å²) in [6.45, 7) is 9.05. The number of aryl methyl sites for hydroxylation is 2. The van der Waals surface area contributed by atoms with Crippen molar-refractivity contribution in [3.05, 3.63) is 101 Å². The van der Waals surface area contributed by atoms with Crippen molar-refractivity contribution in [1.29, 1.82) is 0 Å². The Morgan fingerprint density at radius 3 is 2.17 bits per heavy atom. The maximum Gasteiger partial charge on any atom is 0.0582 e. The topological polar surface area (TPSA) is 4.93 Å². The second-order valence-corrected chi connectivity index (χ2v) is 9.29. The van der Waals surface area contributed by atoms with E-state index in [0.717, 1.165) is 0 Å². The average molecular weight is 388 g/mol. The van der Waals surface area contributed by atoms with E-state index in [-0.39, 0.29) is 5.41 Å². The summed E-state index contributed by atoms with van der Waals surface area (Å²) in [5.74, 6) is 0. The molecular weight excluding hydrogens is 362 g/mol. The van der Waals surface area contributed by atoms with Crippen LogP contribution < -0.4 is 0 Å². The summed E-state index contributed by atoms with van der Waals surface area (Å²) in [6.07, 6.45) is 0. The van der Waals surface area contributed by atoms with Gasteiger partial charge in [-0.05, 0) is 54.3 Å². The van der Waals surface area contributed by atoms with Crippen LogP contribution in [0.4, 0.5) is 0 Å². The molecule has 0 aliphatic carbocycles. The van der Waals surface area contributed by atoms with Crippen LogP contribution in [0.15, 0.2) is 78.9 Å². The summed E-state index contributed by atoms with van der Waals surface area (Å²) < 4.78 is 2.48. The molecule has 0 amide bonds. The molecule has 0 unspecified atom stereocenters. The van der Waals surface area contributed by atoms with Gasteiger partial charge in [-0.2, -0.15) is 0 Å². The monoisotopic (exact) mass is 387 g/mol. The summed E-state index contributed by atoms with van der Waals surface area (Å²) in [4.78, 5) is 0. The zero-order valence-electron chi connectivity index (χ0n) is 18.0. The van der Waals surface area contributed by atoms with Gasteiger partial charge in [0.2, 0.25) is 0 Å². The molecule has 0 saturated heterocycles. The van der Waals surface area contributed by atoms with Crippen LogP contribution in [0.3, 0.4) is 0 Å². The highest BCUT2D eigenvalue weighted by molar-refractivity contribution is 6.12. The predicted octanol–water partition coefficient (Wildman–Crippen LogP) is 7.71. The number of benzene rings is 4. The number of hydrogen-bond acceptors (Lipinski definition) is 0. The molecule has 5 aromatic rings. The quantitative estimate of drug-likeness (QED) is 0.278. The van der Waals surface area contributed by atoms with Gasteiger partial charge in [0.15, 0.2) is 0 Å². The van der Waals surface area contributed by atoms with Crippen molar-refractivity contribution < 1.29 is 0 Å². The van der Waals surface area contributed by atoms with Gasteiger partial charge >= 0.3 is 0 Å². The lowest BCUT2D eigenvalue weighted by atomic mass is 9.75. The SMILES string of the molecule is Cc1cc(C)cc(-c2ccc3c(c2)c2cccc4c2n3-c2ccccc2C4(C)C)c1. The fourth-order valence-corrected chi connectivity index (χ4v) is 5.49. The van der Waals surface area contributed by atoms with E-state index in [1.54, 1.807) is 0 Å². The number of fused-ring (bicyclic) bond motifs is 5. The highest BCUT2D eigenvalue weighted by atomic mass is 15.0. The van der Waals surface area contributed by atoms with Crippen LogP contribution >= 0.6 is 0 Å². The molecule has 0 saturated carbocycles. The molecule has 0 radical (unpaired) electrons. The summed E-state index contributed by atoms with van der Waals surface area (Å²) in [7, 11) is 0. The van der Waals surface area contributed by atoms with Crippen molar-refractivity contribution in [2.24, 2.45) is 0 Å². The molecule has 4 aromatic carbocycles. The van der Waals surface area contributed by atoms with Crippen LogP contribution in [0.5, 0.6) is 0 Å². The van der Waals surface area contributed by atoms with Gasteiger partial charge in [-0.1, -0.05) is 85.6 Å². The largest absolute Gasteiger partial charge is 0.309 e. The summed E-state index contributed by atoms with van der Waals surface area (Å²) in [5.41, 5.74) is 11.9. The Hall–Kier alpha value is -3.32. The molecule has 6 rings (SSSR count). The maximum atomic E-state index is 2.48. The summed E-state index contributed by atoms with van der Waals surface area (Å²) in [5, 5.41) is 2.67. The zero-order valence-corrected chi connectivity index (χ0v) is 18.0. The molecule has 1 aliphatic rings. The van der Waals surface area contributed by atoms with E-state index in [1.165, 1.54) is 60.9 Å². The molecule has 0 spiro atoms. The van der Waals surface area contributed by atoms with Crippen LogP contribution in [-0.4, -0.2) is 4.57 Å². The number of nitrogens with zero attached hydrogens (tertiary/aromatic N) is 1. The van der Waals surface area contributed by atoms with Crippen LogP contribution in [0, 0.1) is 13.8 Å². The molecule has 0 fully saturated rings. The lowest BCUT2D eigenvalue weighted by Gasteiger charge is -2.34. The second-order valence-electron chi connectivity index (χ2n) is 9.29. The summed E-state index contributed by atoms with van der Waals surface area (Å²) >= 11 is 0. The van der Waals surface area contributed by atoms with Gasteiger partial charge in [0.1, 0.15) is 0 Å². The van der Waals surface area contributed by atoms with E-state index in [9.17, 15) is 0 Å². The van der Waals surface area contributed by atoms with Crippen LogP contribution in [-0.2, 0) is 5.41 Å². The third-order valence-electron chi connectivity index (χ3n) is 6.83. The third-order valence-corrected chi connectivity index (χ3v) is 6.83. The number of rotatable bonds is 1. The standard InChI is InChI=1S/C29H25N/c1-18-14-19(2)16-21(15-18)20-12-13-26-23(17-20)22-8-7-10-25-28(22)30(26)27-11-6-5-9-24(27)29(25,3)4/h5-17H,1-4H3. The van der Waals surface area contributed by atoms with E-state index in [1.807, 2.05) is 0 Å². The van der Waals surface area contributed by atoms with E-state index in [0.29, 0.717) is 0 Å². The highest BCUT2D eigenvalue weighted by Gasteiger charge is 2.34. The predicted molar refractivity (Wildman–Crippen MR) is 128 cm³/mol.